The lowest BCUT2D eigenvalue weighted by atomic mass is 10.1. The zero-order valence-electron chi connectivity index (χ0n) is 15.5. The van der Waals surface area contributed by atoms with Gasteiger partial charge in [0.15, 0.2) is 5.13 Å². The van der Waals surface area contributed by atoms with Crippen molar-refractivity contribution in [3.8, 4) is 5.75 Å². The zero-order valence-corrected chi connectivity index (χ0v) is 17.2. The van der Waals surface area contributed by atoms with Crippen LogP contribution in [0.1, 0.15) is 22.8 Å². The Labute approximate surface area is 166 Å². The summed E-state index contributed by atoms with van der Waals surface area (Å²) in [5.41, 5.74) is 7.25. The number of piperazine rings is 1. The van der Waals surface area contributed by atoms with Crippen LogP contribution in [0.2, 0.25) is 0 Å². The molecular weight excluding hydrogens is 384 g/mol. The number of nitrogens with zero attached hydrogens (tertiary/aromatic N) is 3. The van der Waals surface area contributed by atoms with E-state index >= 15 is 0 Å². The number of nitrogens with two attached hydrogens (primary N) is 1. The van der Waals surface area contributed by atoms with Crippen molar-refractivity contribution in [3.63, 3.8) is 0 Å². The molecule has 2 N–H and O–H groups in total. The molecule has 27 heavy (non-hydrogen) atoms. The number of aromatic nitrogens is 1. The second-order valence-corrected chi connectivity index (χ2v) is 8.64. The van der Waals surface area contributed by atoms with E-state index in [9.17, 15) is 9.59 Å². The van der Waals surface area contributed by atoms with Gasteiger partial charge in [0.05, 0.1) is 23.1 Å². The third kappa shape index (κ3) is 4.36. The number of benzene rings is 1. The van der Waals surface area contributed by atoms with Gasteiger partial charge in [0.2, 0.25) is 5.91 Å². The molecule has 0 spiro atoms. The molecule has 1 aliphatic heterocycles. The molecule has 1 saturated heterocycles. The highest BCUT2D eigenvalue weighted by molar-refractivity contribution is 8.01. The Morgan fingerprint density at radius 3 is 2.44 bits per heavy atom. The van der Waals surface area contributed by atoms with E-state index in [2.05, 4.69) is 4.98 Å². The van der Waals surface area contributed by atoms with Gasteiger partial charge in [0.1, 0.15) is 5.75 Å². The largest absolute Gasteiger partial charge is 0.496 e. The molecule has 144 valence electrons. The molecule has 1 fully saturated rings. The van der Waals surface area contributed by atoms with Crippen LogP contribution in [0.15, 0.2) is 27.4 Å². The van der Waals surface area contributed by atoms with Crippen molar-refractivity contribution in [2.75, 3.05) is 39.0 Å². The molecule has 9 heteroatoms. The Hall–Kier alpha value is -2.26. The van der Waals surface area contributed by atoms with E-state index in [4.69, 9.17) is 10.5 Å². The zero-order chi connectivity index (χ0) is 19.6. The van der Waals surface area contributed by atoms with E-state index in [-0.39, 0.29) is 11.8 Å². The Morgan fingerprint density at radius 2 is 1.89 bits per heavy atom. The molecule has 0 aliphatic carbocycles. The normalized spacial score (nSPS) is 14.3. The van der Waals surface area contributed by atoms with Crippen LogP contribution in [0.4, 0.5) is 5.13 Å². The first-order valence-corrected chi connectivity index (χ1v) is 10.1. The topological polar surface area (TPSA) is 88.8 Å². The summed E-state index contributed by atoms with van der Waals surface area (Å²) in [5.74, 6) is 0.512. The number of ether oxygens (including phenoxy) is 1. The molecule has 2 heterocycles. The Balaban J connectivity index is 1.84. The summed E-state index contributed by atoms with van der Waals surface area (Å²) in [6.45, 7) is 5.67. The van der Waals surface area contributed by atoms with Crippen LogP contribution in [-0.2, 0) is 4.79 Å². The lowest BCUT2D eigenvalue weighted by Gasteiger charge is -2.34. The van der Waals surface area contributed by atoms with Crippen molar-refractivity contribution in [3.05, 3.63) is 29.5 Å². The number of anilines is 1. The van der Waals surface area contributed by atoms with Crippen molar-refractivity contribution < 1.29 is 14.3 Å². The van der Waals surface area contributed by atoms with Crippen LogP contribution >= 0.6 is 23.1 Å². The molecular formula is C18H22N4O3S2. The summed E-state index contributed by atoms with van der Waals surface area (Å²) >= 11 is 2.95. The first-order chi connectivity index (χ1) is 12.9. The molecule has 0 unspecified atom stereocenters. The first-order valence-electron chi connectivity index (χ1n) is 8.51. The molecule has 3 rings (SSSR count). The smallest absolute Gasteiger partial charge is 0.257 e. The van der Waals surface area contributed by atoms with Crippen molar-refractivity contribution in [1.29, 1.82) is 0 Å². The maximum absolute atomic E-state index is 13.1. The Bertz CT molecular complexity index is 860. The van der Waals surface area contributed by atoms with Crippen LogP contribution < -0.4 is 10.5 Å². The van der Waals surface area contributed by atoms with Gasteiger partial charge in [-0.3, -0.25) is 9.59 Å². The third-order valence-corrected chi connectivity index (χ3v) is 6.54. The van der Waals surface area contributed by atoms with E-state index in [0.29, 0.717) is 42.6 Å². The molecule has 0 atom stereocenters. The van der Waals surface area contributed by atoms with Gasteiger partial charge in [0.25, 0.3) is 5.91 Å². The van der Waals surface area contributed by atoms with Crippen LogP contribution in [0.5, 0.6) is 5.75 Å². The fourth-order valence-electron chi connectivity index (χ4n) is 2.93. The van der Waals surface area contributed by atoms with Crippen molar-refractivity contribution >= 4 is 40.0 Å². The number of thiazole rings is 1. The second kappa shape index (κ2) is 8.18. The SMILES string of the molecule is COc1cc(C)c(Sc2cnc(N)s2)cc1C(=O)N1CCN(C(C)=O)CC1. The minimum Gasteiger partial charge on any atom is -0.496 e. The summed E-state index contributed by atoms with van der Waals surface area (Å²) < 4.78 is 6.42. The van der Waals surface area contributed by atoms with Crippen LogP contribution in [0, 0.1) is 6.92 Å². The van der Waals surface area contributed by atoms with Gasteiger partial charge in [-0.05, 0) is 24.6 Å². The van der Waals surface area contributed by atoms with E-state index in [1.165, 1.54) is 23.1 Å². The predicted molar refractivity (Wildman–Crippen MR) is 107 cm³/mol. The second-order valence-electron chi connectivity index (χ2n) is 6.24. The fourth-order valence-corrected chi connectivity index (χ4v) is 4.76. The fraction of sp³-hybridized carbons (Fsp3) is 0.389. The molecule has 2 aromatic rings. The highest BCUT2D eigenvalue weighted by atomic mass is 32.2. The predicted octanol–water partition coefficient (Wildman–Crippen LogP) is 2.50. The minimum atomic E-state index is -0.0827. The highest BCUT2D eigenvalue weighted by Gasteiger charge is 2.26. The quantitative estimate of drug-likeness (QED) is 0.839. The average molecular weight is 407 g/mol. The first kappa shape index (κ1) is 19.5. The van der Waals surface area contributed by atoms with E-state index in [0.717, 1.165) is 14.7 Å². The number of hydrogen-bond donors (Lipinski definition) is 1. The van der Waals surface area contributed by atoms with Gasteiger partial charge >= 0.3 is 0 Å². The van der Waals surface area contributed by atoms with Crippen molar-refractivity contribution in [2.45, 2.75) is 23.0 Å². The molecule has 2 amide bonds. The molecule has 0 saturated carbocycles. The minimum absolute atomic E-state index is 0.0394. The van der Waals surface area contributed by atoms with E-state index in [1.807, 2.05) is 19.1 Å². The van der Waals surface area contributed by atoms with Gasteiger partial charge in [-0.1, -0.05) is 23.1 Å². The number of rotatable bonds is 4. The van der Waals surface area contributed by atoms with Gasteiger partial charge in [-0.15, -0.1) is 0 Å². The number of hydrogen-bond acceptors (Lipinski definition) is 7. The van der Waals surface area contributed by atoms with E-state index < -0.39 is 0 Å². The molecule has 1 aromatic carbocycles. The van der Waals surface area contributed by atoms with Gasteiger partial charge in [-0.25, -0.2) is 4.98 Å². The van der Waals surface area contributed by atoms with Gasteiger partial charge in [0, 0.05) is 38.0 Å². The summed E-state index contributed by atoms with van der Waals surface area (Å²) in [7, 11) is 1.57. The third-order valence-electron chi connectivity index (χ3n) is 4.45. The molecule has 7 nitrogen and oxygen atoms in total. The summed E-state index contributed by atoms with van der Waals surface area (Å²) in [4.78, 5) is 33.1. The van der Waals surface area contributed by atoms with Gasteiger partial charge < -0.3 is 20.3 Å². The van der Waals surface area contributed by atoms with Crippen LogP contribution in [0.25, 0.3) is 0 Å². The van der Waals surface area contributed by atoms with E-state index in [1.54, 1.807) is 30.0 Å². The monoisotopic (exact) mass is 406 g/mol. The molecule has 0 bridgehead atoms. The van der Waals surface area contributed by atoms with Gasteiger partial charge in [-0.2, -0.15) is 0 Å². The number of aryl methyl sites for hydroxylation is 1. The number of carbonyl (C=O) groups is 2. The number of amides is 2. The average Bonchev–Trinajstić information content (AvgIpc) is 3.07. The van der Waals surface area contributed by atoms with Crippen molar-refractivity contribution in [2.24, 2.45) is 0 Å². The van der Waals surface area contributed by atoms with Crippen LogP contribution in [0.3, 0.4) is 0 Å². The standard InChI is InChI=1S/C18H22N4O3S2/c1-11-8-14(25-3)13(9-15(11)26-16-10-20-18(19)27-16)17(24)22-6-4-21(5-7-22)12(2)23/h8-10H,4-7H2,1-3H3,(H2,19,20). The number of nitrogen functional groups attached to an aromatic ring is 1. The molecule has 1 aromatic heterocycles. The maximum Gasteiger partial charge on any atom is 0.257 e. The Kier molecular flexibility index (Phi) is 5.91. The van der Waals surface area contributed by atoms with Crippen LogP contribution in [-0.4, -0.2) is 59.9 Å². The maximum atomic E-state index is 13.1. The lowest BCUT2D eigenvalue weighted by Crippen LogP contribution is -2.50. The molecule has 1 aliphatic rings. The highest BCUT2D eigenvalue weighted by Crippen LogP contribution is 2.37. The summed E-state index contributed by atoms with van der Waals surface area (Å²) in [6.07, 6.45) is 1.73. The summed E-state index contributed by atoms with van der Waals surface area (Å²) in [6, 6.07) is 3.75. The lowest BCUT2D eigenvalue weighted by molar-refractivity contribution is -0.130. The molecule has 0 radical (unpaired) electrons. The summed E-state index contributed by atoms with van der Waals surface area (Å²) in [5, 5.41) is 0.517. The van der Waals surface area contributed by atoms with Crippen molar-refractivity contribution in [1.82, 2.24) is 14.8 Å². The number of carbonyl (C=O) groups excluding carboxylic acids is 2. The Morgan fingerprint density at radius 1 is 1.22 bits per heavy atom. The number of methoxy groups -OCH3 is 1.